The van der Waals surface area contributed by atoms with Gasteiger partial charge in [0, 0.05) is 66.2 Å². The van der Waals surface area contributed by atoms with Crippen molar-refractivity contribution in [3.05, 3.63) is 67.2 Å². The zero-order valence-corrected chi connectivity index (χ0v) is 21.4. The van der Waals surface area contributed by atoms with E-state index in [0.717, 1.165) is 0 Å². The first-order valence-electron chi connectivity index (χ1n) is 15.0. The average Bonchev–Trinajstić information content (AvgIpc) is 3.34. The van der Waals surface area contributed by atoms with Gasteiger partial charge in [-0.3, -0.25) is 4.79 Å². The summed E-state index contributed by atoms with van der Waals surface area (Å²) in [6.07, 6.45) is 3.14. The second-order valence-electron chi connectivity index (χ2n) is 8.54. The second kappa shape index (κ2) is 11.3. The largest absolute Gasteiger partial charge is 0.494 e. The number of hydrogen-bond acceptors (Lipinski definition) is 7. The van der Waals surface area contributed by atoms with Crippen molar-refractivity contribution in [2.75, 3.05) is 56.8 Å². The van der Waals surface area contributed by atoms with E-state index in [0.29, 0.717) is 39.3 Å². The Morgan fingerprint density at radius 1 is 1.26 bits per heavy atom. The van der Waals surface area contributed by atoms with Gasteiger partial charge in [-0.15, -0.1) is 0 Å². The Hall–Kier alpha value is -4.44. The lowest BCUT2D eigenvalue weighted by molar-refractivity contribution is -0.114. The number of benzene rings is 2. The lowest BCUT2D eigenvalue weighted by Crippen LogP contribution is -2.29. The zero-order chi connectivity index (χ0) is 33.4. The van der Waals surface area contributed by atoms with Gasteiger partial charge in [0.05, 0.1) is 35.3 Å². The molecular weight excluding hydrogens is 485 g/mol. The van der Waals surface area contributed by atoms with Crippen molar-refractivity contribution in [3.8, 4) is 17.0 Å². The summed E-state index contributed by atoms with van der Waals surface area (Å²) >= 11 is 0. The van der Waals surface area contributed by atoms with Crippen molar-refractivity contribution in [1.82, 2.24) is 19.4 Å². The molecule has 0 saturated carbocycles. The van der Waals surface area contributed by atoms with E-state index >= 15 is 0 Å². The van der Waals surface area contributed by atoms with Gasteiger partial charge < -0.3 is 29.7 Å². The van der Waals surface area contributed by atoms with Gasteiger partial charge in [0.1, 0.15) is 5.75 Å². The Morgan fingerprint density at radius 2 is 2.05 bits per heavy atom. The lowest BCUT2D eigenvalue weighted by atomic mass is 10.1. The van der Waals surface area contributed by atoms with Gasteiger partial charge >= 0.3 is 0 Å². The summed E-state index contributed by atoms with van der Waals surface area (Å²) in [5.41, 5.74) is 2.04. The Morgan fingerprint density at radius 3 is 2.79 bits per heavy atom. The number of fused-ring (bicyclic) bond motifs is 1. The Labute approximate surface area is 231 Å². The maximum atomic E-state index is 13.7. The number of nitrogens with one attached hydrogen (secondary N) is 2. The second-order valence-corrected chi connectivity index (χ2v) is 8.54. The van der Waals surface area contributed by atoms with Crippen LogP contribution < -0.4 is 20.3 Å². The fourth-order valence-electron chi connectivity index (χ4n) is 3.83. The third-order valence-electron chi connectivity index (χ3n) is 5.78. The van der Waals surface area contributed by atoms with Crippen LogP contribution in [-0.4, -0.2) is 66.6 Å². The summed E-state index contributed by atoms with van der Waals surface area (Å²) < 4.78 is 76.6. The normalized spacial score (nSPS) is 14.0. The summed E-state index contributed by atoms with van der Waals surface area (Å²) in [5, 5.41) is 5.82. The smallest absolute Gasteiger partial charge is 0.283 e. The van der Waals surface area contributed by atoms with Crippen LogP contribution in [0.15, 0.2) is 67.2 Å². The molecule has 1 amide bonds. The van der Waals surface area contributed by atoms with Crippen LogP contribution in [0.1, 0.15) is 9.60 Å². The van der Waals surface area contributed by atoms with Crippen molar-refractivity contribution in [2.24, 2.45) is 7.05 Å². The quantitative estimate of drug-likeness (QED) is 0.288. The van der Waals surface area contributed by atoms with Crippen LogP contribution in [-0.2, 0) is 11.8 Å². The maximum absolute atomic E-state index is 13.7. The molecule has 0 saturated heterocycles. The number of carbonyl (C=O) groups is 1. The monoisotopic (exact) mass is 524 g/mol. The molecule has 0 bridgehead atoms. The number of ether oxygens (including phenoxy) is 1. The van der Waals surface area contributed by atoms with Crippen molar-refractivity contribution in [2.45, 2.75) is 0 Å². The van der Waals surface area contributed by atoms with Crippen molar-refractivity contribution < 1.29 is 23.5 Å². The summed E-state index contributed by atoms with van der Waals surface area (Å²) in [7, 11) is 6.25. The van der Waals surface area contributed by atoms with E-state index in [4.69, 9.17) is 14.3 Å². The Balaban J connectivity index is 1.75. The van der Waals surface area contributed by atoms with Crippen molar-refractivity contribution in [1.29, 1.82) is 0 Å². The number of halogens is 1. The first-order valence-corrected chi connectivity index (χ1v) is 11.5. The first-order chi connectivity index (χ1) is 21.0. The SMILES string of the molecule is [2H]c1c([2H])c([2H])c2c(c(-c3ccnc(Nc4cc(NC(=O)C(=C)F)c(N(C)CCN(C)C([2H])([2H])[2H])cc4OC)n3)cn2C)c1[2H]. The van der Waals surface area contributed by atoms with Gasteiger partial charge in [-0.25, -0.2) is 14.4 Å². The van der Waals surface area contributed by atoms with E-state index in [-0.39, 0.29) is 48.9 Å². The molecule has 0 aliphatic rings. The highest BCUT2D eigenvalue weighted by Crippen LogP contribution is 2.38. The van der Waals surface area contributed by atoms with Crippen LogP contribution >= 0.6 is 0 Å². The molecule has 2 aromatic carbocycles. The molecule has 9 nitrogen and oxygen atoms in total. The number of nitrogens with zero attached hydrogens (tertiary/aromatic N) is 5. The maximum Gasteiger partial charge on any atom is 0.283 e. The van der Waals surface area contributed by atoms with Crippen LogP contribution in [0.3, 0.4) is 0 Å². The highest BCUT2D eigenvalue weighted by Gasteiger charge is 2.18. The minimum Gasteiger partial charge on any atom is -0.494 e. The number of carbonyl (C=O) groups excluding carboxylic acids is 1. The minimum atomic E-state index is -2.30. The molecule has 0 spiro atoms. The summed E-state index contributed by atoms with van der Waals surface area (Å²) in [6.45, 7) is 1.14. The number of para-hydroxylation sites is 1. The number of hydrogen-bond donors (Lipinski definition) is 2. The number of amides is 1. The summed E-state index contributed by atoms with van der Waals surface area (Å²) in [6, 6.07) is 3.61. The standard InChI is InChI=1S/C28H32FN7O2/c1-18(29)27(37)31-22-15-23(26(38-6)16-25(22)35(4)14-13-34(2)3)33-28-30-12-11-21(32-28)20-17-36(5)24-10-8-7-9-19(20)24/h7-12,15-17H,1,13-14H2,2-6H3,(H,31,37)(H,30,32,33)/i2D3,7D,8D,9D,10D. The molecule has 0 aliphatic heterocycles. The molecule has 2 N–H and O–H groups in total. The molecule has 0 fully saturated rings. The van der Waals surface area contributed by atoms with E-state index in [1.807, 2.05) is 0 Å². The van der Waals surface area contributed by atoms with E-state index < -0.39 is 18.7 Å². The fourth-order valence-corrected chi connectivity index (χ4v) is 3.83. The molecule has 10 heteroatoms. The van der Waals surface area contributed by atoms with Crippen LogP contribution in [0.2, 0.25) is 0 Å². The third kappa shape index (κ3) is 5.76. The lowest BCUT2D eigenvalue weighted by Gasteiger charge is -2.26. The number of likely N-dealkylation sites (N-methyl/N-ethyl adjacent to an activating group) is 2. The predicted molar refractivity (Wildman–Crippen MR) is 151 cm³/mol. The molecule has 198 valence electrons. The van der Waals surface area contributed by atoms with Gasteiger partial charge in [-0.1, -0.05) is 24.7 Å². The van der Waals surface area contributed by atoms with Crippen LogP contribution in [0, 0.1) is 0 Å². The van der Waals surface area contributed by atoms with Gasteiger partial charge in [-0.05, 0) is 32.2 Å². The zero-order valence-electron chi connectivity index (χ0n) is 28.4. The first kappa shape index (κ1) is 18.8. The minimum absolute atomic E-state index is 0.0937. The van der Waals surface area contributed by atoms with Crippen LogP contribution in [0.4, 0.5) is 27.4 Å². The third-order valence-corrected chi connectivity index (χ3v) is 5.78. The van der Waals surface area contributed by atoms with Gasteiger partial charge in [0.15, 0.2) is 5.83 Å². The topological polar surface area (TPSA) is 87.6 Å². The molecule has 0 radical (unpaired) electrons. The van der Waals surface area contributed by atoms with Gasteiger partial charge in [0.2, 0.25) is 5.95 Å². The molecule has 4 aromatic rings. The highest BCUT2D eigenvalue weighted by molar-refractivity contribution is 6.04. The summed E-state index contributed by atoms with van der Waals surface area (Å²) in [4.78, 5) is 24.0. The molecular formula is C28H32FN7O2. The molecule has 38 heavy (non-hydrogen) atoms. The molecule has 0 unspecified atom stereocenters. The molecule has 0 atom stereocenters. The number of aromatic nitrogens is 3. The van der Waals surface area contributed by atoms with Crippen molar-refractivity contribution >= 4 is 39.8 Å². The van der Waals surface area contributed by atoms with E-state index in [1.54, 1.807) is 41.9 Å². The van der Waals surface area contributed by atoms with Crippen molar-refractivity contribution in [3.63, 3.8) is 0 Å². The molecule has 4 rings (SSSR count). The number of anilines is 4. The predicted octanol–water partition coefficient (Wildman–Crippen LogP) is 4.81. The number of rotatable bonds is 10. The molecule has 2 heterocycles. The highest BCUT2D eigenvalue weighted by atomic mass is 19.1. The summed E-state index contributed by atoms with van der Waals surface area (Å²) in [5.74, 6) is -1.89. The van der Waals surface area contributed by atoms with Crippen LogP contribution in [0.25, 0.3) is 22.2 Å². The van der Waals surface area contributed by atoms with Gasteiger partial charge in [-0.2, -0.15) is 0 Å². The number of aryl methyl sites for hydroxylation is 1. The molecule has 0 aliphatic carbocycles. The van der Waals surface area contributed by atoms with E-state index in [1.165, 1.54) is 31.3 Å². The van der Waals surface area contributed by atoms with Gasteiger partial charge in [0.25, 0.3) is 5.91 Å². The Bertz CT molecular complexity index is 1800. The Kier molecular flexibility index (Phi) is 5.58. The molecule has 2 aromatic heterocycles. The number of methoxy groups -OCH3 is 1. The fraction of sp³-hybridized carbons (Fsp3) is 0.250. The van der Waals surface area contributed by atoms with E-state index in [9.17, 15) is 9.18 Å². The van der Waals surface area contributed by atoms with Crippen LogP contribution in [0.5, 0.6) is 5.75 Å². The van der Waals surface area contributed by atoms with E-state index in [2.05, 4.69) is 27.2 Å². The average molecular weight is 525 g/mol.